The highest BCUT2D eigenvalue weighted by Crippen LogP contribution is 2.37. The molecule has 2 aliphatic rings. The minimum Gasteiger partial charge on any atom is -0.346 e. The van der Waals surface area contributed by atoms with E-state index >= 15 is 0 Å². The van der Waals surface area contributed by atoms with Crippen LogP contribution in [0.15, 0.2) is 18.5 Å². The molecule has 0 unspecified atom stereocenters. The molecule has 4 rings (SSSR count). The lowest BCUT2D eigenvalue weighted by Crippen LogP contribution is -2.41. The molecular formula is C16H19N5O. The van der Waals surface area contributed by atoms with Crippen LogP contribution in [0, 0.1) is 6.92 Å². The van der Waals surface area contributed by atoms with E-state index in [0.717, 1.165) is 49.6 Å². The van der Waals surface area contributed by atoms with Crippen molar-refractivity contribution in [1.82, 2.24) is 24.8 Å². The smallest absolute Gasteiger partial charge is 0.270 e. The number of nitrogens with one attached hydrogen (secondary N) is 1. The molecule has 1 aliphatic carbocycles. The van der Waals surface area contributed by atoms with Gasteiger partial charge >= 0.3 is 0 Å². The van der Waals surface area contributed by atoms with Gasteiger partial charge in [-0.3, -0.25) is 4.79 Å². The van der Waals surface area contributed by atoms with E-state index in [1.54, 1.807) is 12.3 Å². The van der Waals surface area contributed by atoms with Crippen LogP contribution in [0.3, 0.4) is 0 Å². The summed E-state index contributed by atoms with van der Waals surface area (Å²) < 4.78 is 2.14. The van der Waals surface area contributed by atoms with Gasteiger partial charge in [0.05, 0.1) is 5.69 Å². The molecule has 2 aromatic rings. The summed E-state index contributed by atoms with van der Waals surface area (Å²) in [6.07, 6.45) is 7.82. The average Bonchev–Trinajstić information content (AvgIpc) is 3.29. The second-order valence-electron chi connectivity index (χ2n) is 6.23. The normalized spacial score (nSPS) is 20.5. The van der Waals surface area contributed by atoms with E-state index in [9.17, 15) is 4.79 Å². The number of imidazole rings is 1. The van der Waals surface area contributed by atoms with Crippen molar-refractivity contribution in [3.8, 4) is 0 Å². The summed E-state index contributed by atoms with van der Waals surface area (Å²) in [5, 5.41) is 3.09. The summed E-state index contributed by atoms with van der Waals surface area (Å²) in [7, 11) is 0. The molecule has 22 heavy (non-hydrogen) atoms. The summed E-state index contributed by atoms with van der Waals surface area (Å²) >= 11 is 0. The van der Waals surface area contributed by atoms with Gasteiger partial charge in [-0.05, 0) is 32.3 Å². The number of nitrogens with zero attached hydrogens (tertiary/aromatic N) is 4. The van der Waals surface area contributed by atoms with Crippen LogP contribution in [0.1, 0.15) is 53.0 Å². The van der Waals surface area contributed by atoms with Gasteiger partial charge in [-0.1, -0.05) is 0 Å². The number of carbonyl (C=O) groups is 1. The monoisotopic (exact) mass is 297 g/mol. The van der Waals surface area contributed by atoms with Gasteiger partial charge in [0, 0.05) is 37.3 Å². The van der Waals surface area contributed by atoms with E-state index in [1.807, 2.05) is 13.1 Å². The summed E-state index contributed by atoms with van der Waals surface area (Å²) in [5.74, 6) is 2.28. The lowest BCUT2D eigenvalue weighted by atomic mass is 10.1. The van der Waals surface area contributed by atoms with Crippen LogP contribution in [0.25, 0.3) is 0 Å². The molecule has 1 amide bonds. The predicted molar refractivity (Wildman–Crippen MR) is 80.5 cm³/mol. The molecule has 0 bridgehead atoms. The molecule has 6 nitrogen and oxygen atoms in total. The molecule has 1 N–H and O–H groups in total. The number of hydrogen-bond donors (Lipinski definition) is 1. The van der Waals surface area contributed by atoms with E-state index in [-0.39, 0.29) is 11.9 Å². The van der Waals surface area contributed by atoms with Gasteiger partial charge in [0.1, 0.15) is 17.3 Å². The zero-order chi connectivity index (χ0) is 15.1. The minimum absolute atomic E-state index is 0.102. The minimum atomic E-state index is -0.102. The molecule has 1 aliphatic heterocycles. The van der Waals surface area contributed by atoms with E-state index in [2.05, 4.69) is 24.8 Å². The molecule has 3 heterocycles. The number of fused-ring (bicyclic) bond motifs is 1. The van der Waals surface area contributed by atoms with Crippen molar-refractivity contribution in [2.45, 2.75) is 51.1 Å². The molecule has 2 aromatic heterocycles. The molecule has 1 fully saturated rings. The Labute approximate surface area is 129 Å². The van der Waals surface area contributed by atoms with Crippen LogP contribution in [-0.4, -0.2) is 31.5 Å². The Kier molecular flexibility index (Phi) is 3.17. The second-order valence-corrected chi connectivity index (χ2v) is 6.23. The molecule has 114 valence electrons. The number of aromatic nitrogens is 4. The lowest BCUT2D eigenvalue weighted by molar-refractivity contribution is 0.0922. The third kappa shape index (κ3) is 2.61. The molecule has 1 atom stereocenters. The fraction of sp³-hybridized carbons (Fsp3) is 0.500. The number of rotatable bonds is 3. The van der Waals surface area contributed by atoms with Gasteiger partial charge in [0.2, 0.25) is 0 Å². The van der Waals surface area contributed by atoms with Crippen molar-refractivity contribution in [1.29, 1.82) is 0 Å². The highest BCUT2D eigenvalue weighted by molar-refractivity contribution is 5.92. The first-order valence-electron chi connectivity index (χ1n) is 7.85. The van der Waals surface area contributed by atoms with E-state index in [1.165, 1.54) is 0 Å². The first-order valence-corrected chi connectivity index (χ1v) is 7.85. The van der Waals surface area contributed by atoms with Gasteiger partial charge < -0.3 is 9.88 Å². The Morgan fingerprint density at radius 3 is 3.00 bits per heavy atom. The summed E-state index contributed by atoms with van der Waals surface area (Å²) in [6, 6.07) is 1.82. The van der Waals surface area contributed by atoms with Gasteiger partial charge in [-0.2, -0.15) is 0 Å². The van der Waals surface area contributed by atoms with Gasteiger partial charge in [0.15, 0.2) is 0 Å². The predicted octanol–water partition coefficient (Wildman–Crippen LogP) is 1.60. The van der Waals surface area contributed by atoms with E-state index in [4.69, 9.17) is 0 Å². The van der Waals surface area contributed by atoms with Gasteiger partial charge in [-0.15, -0.1) is 0 Å². The summed E-state index contributed by atoms with van der Waals surface area (Å²) in [4.78, 5) is 25.6. The largest absolute Gasteiger partial charge is 0.346 e. The molecule has 0 aromatic carbocycles. The molecule has 0 saturated heterocycles. The zero-order valence-electron chi connectivity index (χ0n) is 12.6. The third-order valence-electron chi connectivity index (χ3n) is 4.30. The van der Waals surface area contributed by atoms with Crippen LogP contribution in [0.4, 0.5) is 0 Å². The van der Waals surface area contributed by atoms with Gasteiger partial charge in [0.25, 0.3) is 5.91 Å². The maximum Gasteiger partial charge on any atom is 0.270 e. The number of carbonyl (C=O) groups excluding carboxylic acids is 1. The van der Waals surface area contributed by atoms with Crippen molar-refractivity contribution < 1.29 is 4.79 Å². The van der Waals surface area contributed by atoms with Crippen LogP contribution >= 0.6 is 0 Å². The quantitative estimate of drug-likeness (QED) is 0.934. The van der Waals surface area contributed by atoms with Crippen molar-refractivity contribution in [3.63, 3.8) is 0 Å². The Bertz CT molecular complexity index is 719. The molecule has 1 saturated carbocycles. The van der Waals surface area contributed by atoms with Crippen LogP contribution in [0.5, 0.6) is 0 Å². The Balaban J connectivity index is 1.45. The SMILES string of the molecule is Cc1cn2c(n1)CC[C@@H](NC(=O)c1ccnc(C3CC3)n1)C2. The van der Waals surface area contributed by atoms with Crippen LogP contribution in [0.2, 0.25) is 0 Å². The van der Waals surface area contributed by atoms with E-state index in [0.29, 0.717) is 11.6 Å². The number of aryl methyl sites for hydroxylation is 2. The first kappa shape index (κ1) is 13.4. The van der Waals surface area contributed by atoms with Gasteiger partial charge in [-0.25, -0.2) is 15.0 Å². The Morgan fingerprint density at radius 2 is 2.18 bits per heavy atom. The standard InChI is InChI=1S/C16H19N5O/c1-10-8-21-9-12(4-5-14(21)18-10)19-16(22)13-6-7-17-15(20-13)11-2-3-11/h6-8,11-12H,2-5,9H2,1H3,(H,19,22)/t12-/m1/s1. The van der Waals surface area contributed by atoms with Crippen molar-refractivity contribution >= 4 is 5.91 Å². The molecule has 0 radical (unpaired) electrons. The van der Waals surface area contributed by atoms with Crippen molar-refractivity contribution in [2.75, 3.05) is 0 Å². The highest BCUT2D eigenvalue weighted by Gasteiger charge is 2.27. The number of amides is 1. The Hall–Kier alpha value is -2.24. The first-order chi connectivity index (χ1) is 10.7. The highest BCUT2D eigenvalue weighted by atomic mass is 16.1. The maximum absolute atomic E-state index is 12.4. The molecular weight excluding hydrogens is 278 g/mol. The third-order valence-corrected chi connectivity index (χ3v) is 4.30. The van der Waals surface area contributed by atoms with Crippen LogP contribution in [-0.2, 0) is 13.0 Å². The maximum atomic E-state index is 12.4. The topological polar surface area (TPSA) is 72.7 Å². The lowest BCUT2D eigenvalue weighted by Gasteiger charge is -2.24. The van der Waals surface area contributed by atoms with Crippen LogP contribution < -0.4 is 5.32 Å². The Morgan fingerprint density at radius 1 is 1.32 bits per heavy atom. The van der Waals surface area contributed by atoms with Crippen molar-refractivity contribution in [3.05, 3.63) is 41.5 Å². The zero-order valence-corrected chi connectivity index (χ0v) is 12.6. The summed E-state index contributed by atoms with van der Waals surface area (Å²) in [5.41, 5.74) is 1.51. The average molecular weight is 297 g/mol. The molecule has 0 spiro atoms. The van der Waals surface area contributed by atoms with Crippen molar-refractivity contribution in [2.24, 2.45) is 0 Å². The summed E-state index contributed by atoms with van der Waals surface area (Å²) in [6.45, 7) is 2.78. The van der Waals surface area contributed by atoms with E-state index < -0.39 is 0 Å². The number of hydrogen-bond acceptors (Lipinski definition) is 4. The second kappa shape index (κ2) is 5.19. The molecule has 6 heteroatoms. The fourth-order valence-corrected chi connectivity index (χ4v) is 3.00. The fourth-order valence-electron chi connectivity index (χ4n) is 3.00.